The molecule has 0 saturated carbocycles. The molecule has 1 heterocycles. The van der Waals surface area contributed by atoms with E-state index in [0.717, 1.165) is 6.07 Å². The van der Waals surface area contributed by atoms with Crippen molar-refractivity contribution in [1.29, 1.82) is 0 Å². The Balaban J connectivity index is 2.46. The fourth-order valence-corrected chi connectivity index (χ4v) is 1.62. The van der Waals surface area contributed by atoms with Crippen molar-refractivity contribution in [2.75, 3.05) is 13.4 Å². The third kappa shape index (κ3) is 1.92. The van der Waals surface area contributed by atoms with Crippen LogP contribution in [0.4, 0.5) is 4.39 Å². The number of carbonyl (C=O) groups is 1. The number of benzene rings is 1. The second-order valence-corrected chi connectivity index (χ2v) is 3.51. The van der Waals surface area contributed by atoms with Crippen LogP contribution in [0.15, 0.2) is 6.07 Å². The van der Waals surface area contributed by atoms with Gasteiger partial charge < -0.3 is 24.4 Å². The zero-order chi connectivity index (χ0) is 13.3. The Morgan fingerprint density at radius 3 is 3.00 bits per heavy atom. The molecule has 6 nitrogen and oxygen atoms in total. The average molecular weight is 258 g/mol. The smallest absolute Gasteiger partial charge is 0.339 e. The lowest BCUT2D eigenvalue weighted by molar-refractivity contribution is -0.153. The first kappa shape index (κ1) is 12.4. The summed E-state index contributed by atoms with van der Waals surface area (Å²) in [6.45, 7) is 1.42. The quantitative estimate of drug-likeness (QED) is 0.782. The van der Waals surface area contributed by atoms with Gasteiger partial charge in [-0.05, 0) is 6.92 Å². The number of aliphatic hydroxyl groups excluding tert-OH is 1. The molecule has 1 aliphatic rings. The summed E-state index contributed by atoms with van der Waals surface area (Å²) < 4.78 is 27.9. The van der Waals surface area contributed by atoms with E-state index in [1.807, 2.05) is 0 Å². The van der Waals surface area contributed by atoms with Crippen LogP contribution in [0.5, 0.6) is 17.2 Å². The van der Waals surface area contributed by atoms with Crippen LogP contribution in [-0.4, -0.2) is 29.6 Å². The number of aromatic hydroxyl groups is 1. The van der Waals surface area contributed by atoms with E-state index in [2.05, 4.69) is 4.74 Å². The van der Waals surface area contributed by atoms with Crippen LogP contribution in [0.1, 0.15) is 18.6 Å². The lowest BCUT2D eigenvalue weighted by Crippen LogP contribution is -2.16. The molecule has 18 heavy (non-hydrogen) atoms. The zero-order valence-electron chi connectivity index (χ0n) is 9.47. The Labute approximate surface area is 102 Å². The maximum absolute atomic E-state index is 13.4. The summed E-state index contributed by atoms with van der Waals surface area (Å²) >= 11 is 0. The first-order chi connectivity index (χ1) is 8.56. The van der Waals surface area contributed by atoms with Crippen LogP contribution in [0.3, 0.4) is 0 Å². The number of esters is 1. The van der Waals surface area contributed by atoms with Gasteiger partial charge in [0.1, 0.15) is 0 Å². The van der Waals surface area contributed by atoms with Gasteiger partial charge in [-0.25, -0.2) is 9.18 Å². The number of hydrogen-bond acceptors (Lipinski definition) is 6. The summed E-state index contributed by atoms with van der Waals surface area (Å²) in [4.78, 5) is 11.4. The van der Waals surface area contributed by atoms with Crippen LogP contribution in [0.25, 0.3) is 0 Å². The van der Waals surface area contributed by atoms with Gasteiger partial charge >= 0.3 is 5.97 Å². The van der Waals surface area contributed by atoms with Crippen molar-refractivity contribution < 1.29 is 33.6 Å². The normalized spacial score (nSPS) is 14.4. The molecule has 0 amide bonds. The van der Waals surface area contributed by atoms with Crippen molar-refractivity contribution in [1.82, 2.24) is 0 Å². The Hall–Kier alpha value is -2.02. The Morgan fingerprint density at radius 1 is 1.61 bits per heavy atom. The highest BCUT2D eigenvalue weighted by Gasteiger charge is 2.33. The van der Waals surface area contributed by atoms with Crippen LogP contribution in [0, 0.1) is 5.82 Å². The molecule has 0 bridgehead atoms. The molecule has 0 radical (unpaired) electrons. The van der Waals surface area contributed by atoms with Crippen molar-refractivity contribution >= 4 is 5.97 Å². The minimum absolute atomic E-state index is 0.0173. The van der Waals surface area contributed by atoms with E-state index in [9.17, 15) is 19.4 Å². The summed E-state index contributed by atoms with van der Waals surface area (Å²) in [5.74, 6) is -2.92. The number of hydrogen-bond donors (Lipinski definition) is 2. The fourth-order valence-electron chi connectivity index (χ4n) is 1.62. The van der Waals surface area contributed by atoms with Gasteiger partial charge in [0.15, 0.2) is 29.2 Å². The summed E-state index contributed by atoms with van der Waals surface area (Å²) in [5, 5.41) is 19.3. The van der Waals surface area contributed by atoms with E-state index in [4.69, 9.17) is 9.47 Å². The number of phenolic OH excluding ortho intramolecular Hbond substituents is 1. The number of phenols is 1. The van der Waals surface area contributed by atoms with E-state index in [1.165, 1.54) is 0 Å². The van der Waals surface area contributed by atoms with Gasteiger partial charge in [-0.3, -0.25) is 0 Å². The van der Waals surface area contributed by atoms with Gasteiger partial charge in [0.25, 0.3) is 0 Å². The van der Waals surface area contributed by atoms with E-state index >= 15 is 0 Å². The molecule has 7 heteroatoms. The van der Waals surface area contributed by atoms with E-state index < -0.39 is 23.6 Å². The predicted octanol–water partition coefficient (Wildman–Crippen LogP) is 0.856. The maximum Gasteiger partial charge on any atom is 0.339 e. The zero-order valence-corrected chi connectivity index (χ0v) is 9.47. The molecule has 1 atom stereocenters. The highest BCUT2D eigenvalue weighted by Crippen LogP contribution is 2.45. The highest BCUT2D eigenvalue weighted by molar-refractivity contribution is 5.79. The largest absolute Gasteiger partial charge is 0.504 e. The SMILES string of the molecule is CCOC(=O)C(O)c1c(O)c(F)cc2c1OCO2. The molecule has 0 aromatic heterocycles. The third-order valence-corrected chi connectivity index (χ3v) is 2.41. The number of aliphatic hydroxyl groups is 1. The van der Waals surface area contributed by atoms with Crippen LogP contribution in [0.2, 0.25) is 0 Å². The van der Waals surface area contributed by atoms with Crippen molar-refractivity contribution in [2.45, 2.75) is 13.0 Å². The molecule has 2 rings (SSSR count). The van der Waals surface area contributed by atoms with Gasteiger partial charge in [0, 0.05) is 6.07 Å². The van der Waals surface area contributed by atoms with Crippen LogP contribution < -0.4 is 9.47 Å². The predicted molar refractivity (Wildman–Crippen MR) is 55.8 cm³/mol. The monoisotopic (exact) mass is 258 g/mol. The second kappa shape index (κ2) is 4.69. The molecule has 1 aromatic carbocycles. The topological polar surface area (TPSA) is 85.2 Å². The summed E-state index contributed by atoms with van der Waals surface area (Å²) in [5.41, 5.74) is -0.388. The Morgan fingerprint density at radius 2 is 2.33 bits per heavy atom. The highest BCUT2D eigenvalue weighted by atomic mass is 19.1. The number of fused-ring (bicyclic) bond motifs is 1. The molecule has 98 valence electrons. The lowest BCUT2D eigenvalue weighted by atomic mass is 10.1. The standard InChI is InChI=1S/C11H11FO6/c1-2-16-11(15)9(14)7-8(13)5(12)3-6-10(7)18-4-17-6/h3,9,13-14H,2,4H2,1H3. The van der Waals surface area contributed by atoms with Crippen molar-refractivity contribution in [3.05, 3.63) is 17.4 Å². The number of halogens is 1. The van der Waals surface area contributed by atoms with Gasteiger partial charge in [-0.1, -0.05) is 0 Å². The summed E-state index contributed by atoms with van der Waals surface area (Å²) in [6.07, 6.45) is -1.84. The van der Waals surface area contributed by atoms with Gasteiger partial charge in [-0.2, -0.15) is 0 Å². The summed E-state index contributed by atoms with van der Waals surface area (Å²) in [7, 11) is 0. The van der Waals surface area contributed by atoms with Crippen LogP contribution in [-0.2, 0) is 9.53 Å². The molecule has 0 saturated heterocycles. The van der Waals surface area contributed by atoms with Gasteiger partial charge in [-0.15, -0.1) is 0 Å². The molecule has 1 aliphatic heterocycles. The molecule has 1 unspecified atom stereocenters. The first-order valence-electron chi connectivity index (χ1n) is 5.22. The van der Waals surface area contributed by atoms with Crippen molar-refractivity contribution in [3.63, 3.8) is 0 Å². The average Bonchev–Trinajstić information content (AvgIpc) is 2.77. The van der Waals surface area contributed by atoms with Crippen LogP contribution >= 0.6 is 0 Å². The number of ether oxygens (including phenoxy) is 3. The summed E-state index contributed by atoms with van der Waals surface area (Å²) in [6, 6.07) is 0.916. The lowest BCUT2D eigenvalue weighted by Gasteiger charge is -2.14. The Bertz CT molecular complexity index is 487. The molecular formula is C11H11FO6. The van der Waals surface area contributed by atoms with Gasteiger partial charge in [0.2, 0.25) is 6.79 Å². The molecule has 0 spiro atoms. The molecule has 0 aliphatic carbocycles. The maximum atomic E-state index is 13.4. The van der Waals surface area contributed by atoms with E-state index in [-0.39, 0.29) is 30.5 Å². The minimum atomic E-state index is -1.84. The number of carbonyl (C=O) groups excluding carboxylic acids is 1. The van der Waals surface area contributed by atoms with Crippen molar-refractivity contribution in [3.8, 4) is 17.2 Å². The minimum Gasteiger partial charge on any atom is -0.504 e. The van der Waals surface area contributed by atoms with Gasteiger partial charge in [0.05, 0.1) is 12.2 Å². The second-order valence-electron chi connectivity index (χ2n) is 3.51. The number of rotatable bonds is 3. The van der Waals surface area contributed by atoms with E-state index in [0.29, 0.717) is 0 Å². The first-order valence-corrected chi connectivity index (χ1v) is 5.22. The van der Waals surface area contributed by atoms with E-state index in [1.54, 1.807) is 6.92 Å². The fraction of sp³-hybridized carbons (Fsp3) is 0.364. The Kier molecular flexibility index (Phi) is 3.24. The molecular weight excluding hydrogens is 247 g/mol. The van der Waals surface area contributed by atoms with Crippen molar-refractivity contribution in [2.24, 2.45) is 0 Å². The third-order valence-electron chi connectivity index (χ3n) is 2.41. The molecule has 1 aromatic rings. The molecule has 0 fully saturated rings. The molecule has 2 N–H and O–H groups in total.